The summed E-state index contributed by atoms with van der Waals surface area (Å²) in [7, 11) is 5.43. The Kier molecular flexibility index (Phi) is 4.97. The molecule has 1 aromatic carbocycles. The minimum Gasteiger partial charge on any atom is -0.363 e. The van der Waals surface area contributed by atoms with Gasteiger partial charge >= 0.3 is 6.03 Å². The predicted molar refractivity (Wildman–Crippen MR) is 101 cm³/mol. The lowest BCUT2D eigenvalue weighted by atomic mass is 10.3. The van der Waals surface area contributed by atoms with Crippen LogP contribution < -0.4 is 20.9 Å². The minimum atomic E-state index is -0.263. The molecule has 0 spiro atoms. The van der Waals surface area contributed by atoms with Crippen molar-refractivity contribution in [1.29, 1.82) is 0 Å². The van der Waals surface area contributed by atoms with Crippen LogP contribution in [-0.4, -0.2) is 46.9 Å². The van der Waals surface area contributed by atoms with Crippen molar-refractivity contribution in [2.75, 3.05) is 36.7 Å². The van der Waals surface area contributed by atoms with Crippen LogP contribution in [0.4, 0.5) is 27.9 Å². The first kappa shape index (κ1) is 17.2. The third-order valence-electron chi connectivity index (χ3n) is 3.57. The third kappa shape index (κ3) is 4.07. The van der Waals surface area contributed by atoms with Gasteiger partial charge in [0.25, 0.3) is 0 Å². The van der Waals surface area contributed by atoms with E-state index in [4.69, 9.17) is 0 Å². The highest BCUT2D eigenvalue weighted by Crippen LogP contribution is 2.18. The van der Waals surface area contributed by atoms with E-state index in [9.17, 15) is 4.79 Å². The van der Waals surface area contributed by atoms with E-state index in [2.05, 4.69) is 31.0 Å². The zero-order valence-corrected chi connectivity index (χ0v) is 14.8. The van der Waals surface area contributed by atoms with Crippen molar-refractivity contribution in [2.45, 2.75) is 0 Å². The zero-order chi connectivity index (χ0) is 18.5. The Morgan fingerprint density at radius 2 is 1.81 bits per heavy atom. The Balaban J connectivity index is 1.70. The Morgan fingerprint density at radius 1 is 1.08 bits per heavy atom. The minimum absolute atomic E-state index is 0.263. The summed E-state index contributed by atoms with van der Waals surface area (Å²) in [5.41, 5.74) is 2.38. The lowest BCUT2D eigenvalue weighted by Crippen LogP contribution is -2.24. The molecule has 9 heteroatoms. The van der Waals surface area contributed by atoms with Crippen molar-refractivity contribution in [3.05, 3.63) is 48.9 Å². The van der Waals surface area contributed by atoms with E-state index in [1.807, 2.05) is 43.3 Å². The van der Waals surface area contributed by atoms with E-state index < -0.39 is 0 Å². The second-order valence-electron chi connectivity index (χ2n) is 5.69. The largest absolute Gasteiger partial charge is 0.363 e. The maximum Gasteiger partial charge on any atom is 0.318 e. The van der Waals surface area contributed by atoms with Crippen molar-refractivity contribution < 1.29 is 4.79 Å². The molecule has 0 radical (unpaired) electrons. The molecule has 0 aliphatic heterocycles. The molecule has 0 bridgehead atoms. The summed E-state index contributed by atoms with van der Waals surface area (Å²) in [4.78, 5) is 21.8. The highest BCUT2D eigenvalue weighted by Gasteiger charge is 2.06. The van der Waals surface area contributed by atoms with Gasteiger partial charge in [-0.15, -0.1) is 5.10 Å². The van der Waals surface area contributed by atoms with Gasteiger partial charge in [0.05, 0.1) is 5.69 Å². The zero-order valence-electron chi connectivity index (χ0n) is 14.8. The molecular weight excluding hydrogens is 332 g/mol. The average molecular weight is 352 g/mol. The first-order valence-corrected chi connectivity index (χ1v) is 7.96. The number of benzene rings is 1. The van der Waals surface area contributed by atoms with Gasteiger partial charge in [0.1, 0.15) is 12.1 Å². The molecule has 26 heavy (non-hydrogen) atoms. The molecule has 3 rings (SSSR count). The monoisotopic (exact) mass is 352 g/mol. The van der Waals surface area contributed by atoms with Crippen molar-refractivity contribution in [3.63, 3.8) is 0 Å². The number of anilines is 4. The van der Waals surface area contributed by atoms with Crippen LogP contribution in [0.1, 0.15) is 0 Å². The quantitative estimate of drug-likeness (QED) is 0.651. The number of hydrogen-bond donors (Lipinski definition) is 3. The summed E-state index contributed by atoms with van der Waals surface area (Å²) in [6, 6.07) is 10.8. The van der Waals surface area contributed by atoms with E-state index in [0.29, 0.717) is 11.6 Å². The Hall–Kier alpha value is -3.62. The standard InChI is InChI=1S/C17H20N8O/c1-18-17(26)22-13-6-4-12(5-7-13)21-16-20-11-25(23-16)14-8-9-19-15(10-14)24(2)3/h4-11H,1-3H3,(H,21,23)(H2,18,22,26). The molecule has 9 nitrogen and oxygen atoms in total. The smallest absolute Gasteiger partial charge is 0.318 e. The van der Waals surface area contributed by atoms with E-state index >= 15 is 0 Å². The topological polar surface area (TPSA) is 100 Å². The molecule has 0 aliphatic carbocycles. The molecule has 2 amide bonds. The molecule has 0 atom stereocenters. The van der Waals surface area contributed by atoms with Crippen LogP contribution in [0.15, 0.2) is 48.9 Å². The van der Waals surface area contributed by atoms with E-state index in [1.165, 1.54) is 0 Å². The summed E-state index contributed by atoms with van der Waals surface area (Å²) in [6.45, 7) is 0. The highest BCUT2D eigenvalue weighted by molar-refractivity contribution is 5.89. The summed E-state index contributed by atoms with van der Waals surface area (Å²) in [5.74, 6) is 1.31. The summed E-state index contributed by atoms with van der Waals surface area (Å²) in [5, 5.41) is 12.8. The number of aromatic nitrogens is 4. The average Bonchev–Trinajstić information content (AvgIpc) is 3.12. The highest BCUT2D eigenvalue weighted by atomic mass is 16.2. The lowest BCUT2D eigenvalue weighted by Gasteiger charge is -2.11. The van der Waals surface area contributed by atoms with Gasteiger partial charge in [0.2, 0.25) is 5.95 Å². The SMILES string of the molecule is CNC(=O)Nc1ccc(Nc2ncn(-c3ccnc(N(C)C)c3)n2)cc1. The van der Waals surface area contributed by atoms with Crippen LogP contribution in [-0.2, 0) is 0 Å². The fourth-order valence-corrected chi connectivity index (χ4v) is 2.20. The summed E-state index contributed by atoms with van der Waals surface area (Å²) in [6.07, 6.45) is 3.37. The van der Waals surface area contributed by atoms with E-state index in [1.54, 1.807) is 36.4 Å². The van der Waals surface area contributed by atoms with Crippen LogP contribution in [0.5, 0.6) is 0 Å². The van der Waals surface area contributed by atoms with Crippen molar-refractivity contribution in [2.24, 2.45) is 0 Å². The fourth-order valence-electron chi connectivity index (χ4n) is 2.20. The van der Waals surface area contributed by atoms with Gasteiger partial charge in [-0.1, -0.05) is 0 Å². The van der Waals surface area contributed by atoms with Crippen LogP contribution in [0.2, 0.25) is 0 Å². The van der Waals surface area contributed by atoms with Crippen molar-refractivity contribution >= 4 is 29.2 Å². The molecule has 0 unspecified atom stereocenters. The molecule has 3 aromatic rings. The molecule has 0 fully saturated rings. The summed E-state index contributed by atoms with van der Waals surface area (Å²) < 4.78 is 1.68. The maximum atomic E-state index is 11.3. The van der Waals surface area contributed by atoms with Crippen LogP contribution in [0.3, 0.4) is 0 Å². The number of nitrogens with zero attached hydrogens (tertiary/aromatic N) is 5. The predicted octanol–water partition coefficient (Wildman–Crippen LogP) is 2.22. The van der Waals surface area contributed by atoms with E-state index in [0.717, 1.165) is 17.2 Å². The molecule has 2 heterocycles. The number of carbonyl (C=O) groups is 1. The van der Waals surface area contributed by atoms with Gasteiger partial charge in [-0.25, -0.2) is 14.5 Å². The van der Waals surface area contributed by atoms with Crippen molar-refractivity contribution in [3.8, 4) is 5.69 Å². The van der Waals surface area contributed by atoms with E-state index in [-0.39, 0.29) is 6.03 Å². The van der Waals surface area contributed by atoms with Gasteiger partial charge in [-0.2, -0.15) is 4.98 Å². The van der Waals surface area contributed by atoms with Crippen LogP contribution in [0.25, 0.3) is 5.69 Å². The maximum absolute atomic E-state index is 11.3. The summed E-state index contributed by atoms with van der Waals surface area (Å²) >= 11 is 0. The number of pyridine rings is 1. The Labute approximate surface area is 151 Å². The normalized spacial score (nSPS) is 10.3. The second kappa shape index (κ2) is 7.51. The molecule has 0 saturated carbocycles. The van der Waals surface area contributed by atoms with Gasteiger partial charge in [-0.05, 0) is 30.3 Å². The Bertz CT molecular complexity index is 888. The number of nitrogens with one attached hydrogen (secondary N) is 3. The molecular formula is C17H20N8O. The van der Waals surface area contributed by atoms with Gasteiger partial charge in [0, 0.05) is 44.8 Å². The Morgan fingerprint density at radius 3 is 2.50 bits per heavy atom. The van der Waals surface area contributed by atoms with Gasteiger partial charge < -0.3 is 20.9 Å². The lowest BCUT2D eigenvalue weighted by molar-refractivity contribution is 0.254. The van der Waals surface area contributed by atoms with Crippen LogP contribution in [0, 0.1) is 0 Å². The number of urea groups is 1. The number of rotatable bonds is 5. The molecule has 0 aliphatic rings. The van der Waals surface area contributed by atoms with Crippen LogP contribution >= 0.6 is 0 Å². The molecule has 3 N–H and O–H groups in total. The van der Waals surface area contributed by atoms with Gasteiger partial charge in [-0.3, -0.25) is 0 Å². The third-order valence-corrected chi connectivity index (χ3v) is 3.57. The molecule has 2 aromatic heterocycles. The fraction of sp³-hybridized carbons (Fsp3) is 0.176. The first-order valence-electron chi connectivity index (χ1n) is 7.96. The van der Waals surface area contributed by atoms with Crippen molar-refractivity contribution in [1.82, 2.24) is 25.1 Å². The van der Waals surface area contributed by atoms with Gasteiger partial charge in [0.15, 0.2) is 0 Å². The molecule has 134 valence electrons. The number of hydrogen-bond acceptors (Lipinski definition) is 6. The number of carbonyl (C=O) groups excluding carboxylic acids is 1. The first-order chi connectivity index (χ1) is 12.5. The second-order valence-corrected chi connectivity index (χ2v) is 5.69. The molecule has 0 saturated heterocycles. The number of amides is 2.